The minimum Gasteiger partial charge on any atom is -0.496 e. The Kier molecular flexibility index (Phi) is 6.39. The number of benzene rings is 2. The molecule has 0 bridgehead atoms. The van der Waals surface area contributed by atoms with E-state index in [0.29, 0.717) is 16.8 Å². The van der Waals surface area contributed by atoms with Crippen molar-refractivity contribution in [2.75, 3.05) is 20.7 Å². The van der Waals surface area contributed by atoms with Crippen LogP contribution in [-0.2, 0) is 5.60 Å². The number of methoxy groups -OCH3 is 1. The van der Waals surface area contributed by atoms with Gasteiger partial charge in [-0.1, -0.05) is 24.3 Å². The monoisotopic (exact) mass is 394 g/mol. The van der Waals surface area contributed by atoms with Crippen LogP contribution in [0.2, 0.25) is 0 Å². The standard InChI is InChI=1S/C21H25F3N2O2/c1-6-26(4)13-25-18-12-19(28-5)17(11-15(18)3)20(27,21(22,23)24)16-10-8-7-9-14(16)2/h7-13,27H,6H2,1-5H3/b25-13+. The third-order valence-electron chi connectivity index (χ3n) is 4.75. The van der Waals surface area contributed by atoms with Gasteiger partial charge in [0.2, 0.25) is 5.60 Å². The van der Waals surface area contributed by atoms with Gasteiger partial charge in [-0.15, -0.1) is 0 Å². The molecule has 28 heavy (non-hydrogen) atoms. The van der Waals surface area contributed by atoms with Crippen LogP contribution in [0.15, 0.2) is 41.4 Å². The minimum atomic E-state index is -4.95. The summed E-state index contributed by atoms with van der Waals surface area (Å²) < 4.78 is 47.7. The van der Waals surface area contributed by atoms with Gasteiger partial charge < -0.3 is 14.7 Å². The van der Waals surface area contributed by atoms with Crippen molar-refractivity contribution in [3.05, 3.63) is 58.7 Å². The van der Waals surface area contributed by atoms with Crippen LogP contribution in [0.4, 0.5) is 18.9 Å². The maximum absolute atomic E-state index is 14.2. The van der Waals surface area contributed by atoms with Crippen molar-refractivity contribution in [3.8, 4) is 5.75 Å². The zero-order chi connectivity index (χ0) is 21.1. The highest BCUT2D eigenvalue weighted by Crippen LogP contribution is 2.49. The summed E-state index contributed by atoms with van der Waals surface area (Å²) in [5, 5.41) is 11.0. The van der Waals surface area contributed by atoms with E-state index in [0.717, 1.165) is 6.54 Å². The SMILES string of the molecule is CCN(C)/C=N/c1cc(OC)c(C(O)(c2ccccc2C)C(F)(F)F)cc1C. The Morgan fingerprint density at radius 3 is 2.29 bits per heavy atom. The third kappa shape index (κ3) is 3.99. The number of aliphatic imine (C=N–C) groups is 1. The van der Waals surface area contributed by atoms with E-state index in [2.05, 4.69) is 4.99 Å². The first-order valence-corrected chi connectivity index (χ1v) is 8.85. The van der Waals surface area contributed by atoms with Crippen LogP contribution in [0.5, 0.6) is 5.75 Å². The lowest BCUT2D eigenvalue weighted by Crippen LogP contribution is -2.44. The number of ether oxygens (including phenoxy) is 1. The van der Waals surface area contributed by atoms with Gasteiger partial charge in [0.25, 0.3) is 0 Å². The van der Waals surface area contributed by atoms with Gasteiger partial charge >= 0.3 is 6.18 Å². The third-order valence-corrected chi connectivity index (χ3v) is 4.75. The van der Waals surface area contributed by atoms with E-state index in [-0.39, 0.29) is 16.9 Å². The van der Waals surface area contributed by atoms with E-state index in [9.17, 15) is 18.3 Å². The van der Waals surface area contributed by atoms with Gasteiger partial charge in [0, 0.05) is 30.8 Å². The van der Waals surface area contributed by atoms with E-state index >= 15 is 0 Å². The smallest absolute Gasteiger partial charge is 0.425 e. The van der Waals surface area contributed by atoms with Crippen LogP contribution in [0.25, 0.3) is 0 Å². The predicted molar refractivity (Wildman–Crippen MR) is 104 cm³/mol. The van der Waals surface area contributed by atoms with Crippen molar-refractivity contribution >= 4 is 12.0 Å². The molecule has 1 N–H and O–H groups in total. The number of aliphatic hydroxyl groups is 1. The number of rotatable bonds is 6. The number of nitrogens with zero attached hydrogens (tertiary/aromatic N) is 2. The Bertz CT molecular complexity index is 865. The molecule has 0 spiro atoms. The van der Waals surface area contributed by atoms with Crippen molar-refractivity contribution in [2.45, 2.75) is 32.5 Å². The van der Waals surface area contributed by atoms with Gasteiger partial charge in [-0.05, 0) is 38.0 Å². The molecule has 4 nitrogen and oxygen atoms in total. The van der Waals surface area contributed by atoms with E-state index in [4.69, 9.17) is 4.74 Å². The summed E-state index contributed by atoms with van der Waals surface area (Å²) in [7, 11) is 3.11. The van der Waals surface area contributed by atoms with Crippen LogP contribution < -0.4 is 4.74 Å². The molecule has 0 aliphatic heterocycles. The van der Waals surface area contributed by atoms with Crippen molar-refractivity contribution in [1.29, 1.82) is 0 Å². The Balaban J connectivity index is 2.73. The quantitative estimate of drug-likeness (QED) is 0.570. The van der Waals surface area contributed by atoms with E-state index in [1.807, 2.05) is 18.9 Å². The molecule has 0 aliphatic carbocycles. The molecule has 0 saturated heterocycles. The summed E-state index contributed by atoms with van der Waals surface area (Å²) in [6.45, 7) is 5.87. The maximum atomic E-state index is 14.2. The van der Waals surface area contributed by atoms with Crippen LogP contribution in [-0.4, -0.2) is 43.2 Å². The number of halogens is 3. The van der Waals surface area contributed by atoms with Crippen LogP contribution >= 0.6 is 0 Å². The molecule has 2 rings (SSSR count). The summed E-state index contributed by atoms with van der Waals surface area (Å²) in [5.41, 5.74) is -2.52. The molecule has 0 fully saturated rings. The lowest BCUT2D eigenvalue weighted by Gasteiger charge is -2.34. The van der Waals surface area contributed by atoms with E-state index < -0.39 is 11.8 Å². The summed E-state index contributed by atoms with van der Waals surface area (Å²) in [5.74, 6) is -0.0834. The maximum Gasteiger partial charge on any atom is 0.425 e. The lowest BCUT2D eigenvalue weighted by molar-refractivity contribution is -0.249. The van der Waals surface area contributed by atoms with Crippen LogP contribution in [0.3, 0.4) is 0 Å². The molecule has 0 saturated carbocycles. The Morgan fingerprint density at radius 1 is 1.11 bits per heavy atom. The fourth-order valence-electron chi connectivity index (χ4n) is 2.94. The van der Waals surface area contributed by atoms with Crippen molar-refractivity contribution < 1.29 is 23.0 Å². The largest absolute Gasteiger partial charge is 0.496 e. The Hall–Kier alpha value is -2.54. The molecular formula is C21H25F3N2O2. The molecular weight excluding hydrogens is 369 g/mol. The normalized spacial score (nSPS) is 14.2. The van der Waals surface area contributed by atoms with Crippen molar-refractivity contribution in [3.63, 3.8) is 0 Å². The summed E-state index contributed by atoms with van der Waals surface area (Å²) in [6, 6.07) is 8.61. The highest BCUT2D eigenvalue weighted by atomic mass is 19.4. The zero-order valence-corrected chi connectivity index (χ0v) is 16.6. The van der Waals surface area contributed by atoms with Gasteiger partial charge in [-0.3, -0.25) is 0 Å². The molecule has 1 unspecified atom stereocenters. The van der Waals surface area contributed by atoms with Crippen LogP contribution in [0.1, 0.15) is 29.2 Å². The molecule has 2 aromatic carbocycles. The highest BCUT2D eigenvalue weighted by molar-refractivity contribution is 5.66. The fraction of sp³-hybridized carbons (Fsp3) is 0.381. The molecule has 0 amide bonds. The number of hydrogen-bond acceptors (Lipinski definition) is 3. The summed E-state index contributed by atoms with van der Waals surface area (Å²) in [4.78, 5) is 6.15. The van der Waals surface area contributed by atoms with Gasteiger partial charge in [0.15, 0.2) is 0 Å². The van der Waals surface area contributed by atoms with Crippen molar-refractivity contribution in [1.82, 2.24) is 4.90 Å². The van der Waals surface area contributed by atoms with Crippen LogP contribution in [0, 0.1) is 13.8 Å². The molecule has 0 heterocycles. The number of alkyl halides is 3. The lowest BCUT2D eigenvalue weighted by atomic mass is 9.82. The molecule has 7 heteroatoms. The summed E-state index contributed by atoms with van der Waals surface area (Å²) >= 11 is 0. The minimum absolute atomic E-state index is 0.0834. The van der Waals surface area contributed by atoms with Gasteiger partial charge in [0.05, 0.1) is 19.1 Å². The van der Waals surface area contributed by atoms with Gasteiger partial charge in [0.1, 0.15) is 5.75 Å². The molecule has 0 radical (unpaired) electrons. The first kappa shape index (κ1) is 21.8. The Labute approximate surface area is 163 Å². The van der Waals surface area contributed by atoms with E-state index in [1.165, 1.54) is 44.4 Å². The average Bonchev–Trinajstić information content (AvgIpc) is 2.65. The van der Waals surface area contributed by atoms with Gasteiger partial charge in [-0.2, -0.15) is 13.2 Å². The molecule has 0 aromatic heterocycles. The second-order valence-corrected chi connectivity index (χ2v) is 6.68. The number of hydrogen-bond donors (Lipinski definition) is 1. The topological polar surface area (TPSA) is 45.1 Å². The first-order valence-electron chi connectivity index (χ1n) is 8.85. The molecule has 2 aromatic rings. The molecule has 1 atom stereocenters. The van der Waals surface area contributed by atoms with Crippen molar-refractivity contribution in [2.24, 2.45) is 4.99 Å². The highest BCUT2D eigenvalue weighted by Gasteiger charge is 2.58. The molecule has 0 aliphatic rings. The first-order chi connectivity index (χ1) is 13.1. The zero-order valence-electron chi connectivity index (χ0n) is 16.6. The summed E-state index contributed by atoms with van der Waals surface area (Å²) in [6.07, 6.45) is -3.36. The predicted octanol–water partition coefficient (Wildman–Crippen LogP) is 4.72. The number of aryl methyl sites for hydroxylation is 2. The fourth-order valence-corrected chi connectivity index (χ4v) is 2.94. The Morgan fingerprint density at radius 2 is 1.75 bits per heavy atom. The van der Waals surface area contributed by atoms with Gasteiger partial charge in [-0.25, -0.2) is 4.99 Å². The van der Waals surface area contributed by atoms with E-state index in [1.54, 1.807) is 19.3 Å². The second kappa shape index (κ2) is 8.22. The molecule has 152 valence electrons. The average molecular weight is 394 g/mol. The second-order valence-electron chi connectivity index (χ2n) is 6.68.